The van der Waals surface area contributed by atoms with E-state index >= 15 is 0 Å². The fourth-order valence-electron chi connectivity index (χ4n) is 4.47. The van der Waals surface area contributed by atoms with Crippen LogP contribution in [-0.2, 0) is 13.1 Å². The summed E-state index contributed by atoms with van der Waals surface area (Å²) in [5, 5.41) is 5.48. The number of nitrogens with zero attached hydrogens (tertiary/aromatic N) is 5. The Morgan fingerprint density at radius 2 is 1.68 bits per heavy atom. The van der Waals surface area contributed by atoms with Crippen LogP contribution in [0.4, 0.5) is 21.8 Å². The molecule has 0 atom stereocenters. The highest BCUT2D eigenvalue weighted by molar-refractivity contribution is 7.18. The van der Waals surface area contributed by atoms with E-state index in [1.165, 1.54) is 11.3 Å². The first kappa shape index (κ1) is 26.1. The second kappa shape index (κ2) is 11.5. The van der Waals surface area contributed by atoms with E-state index in [0.717, 1.165) is 53.8 Å². The van der Waals surface area contributed by atoms with E-state index < -0.39 is 6.67 Å². The third-order valence-corrected chi connectivity index (χ3v) is 7.99. The topological polar surface area (TPSA) is 57.2 Å². The second-order valence-electron chi connectivity index (χ2n) is 9.65. The van der Waals surface area contributed by atoms with Crippen molar-refractivity contribution in [3.8, 4) is 0 Å². The molecule has 0 amide bonds. The molecule has 4 aromatic rings. The second-order valence-corrected chi connectivity index (χ2v) is 11.5. The quantitative estimate of drug-likeness (QED) is 0.252. The predicted molar refractivity (Wildman–Crippen MR) is 153 cm³/mol. The van der Waals surface area contributed by atoms with Gasteiger partial charge in [0.1, 0.15) is 17.2 Å². The van der Waals surface area contributed by atoms with E-state index in [1.54, 1.807) is 12.1 Å². The lowest BCUT2D eigenvalue weighted by molar-refractivity contribution is 0.230. The first-order valence-corrected chi connectivity index (χ1v) is 14.0. The normalized spacial score (nSPS) is 14.6. The summed E-state index contributed by atoms with van der Waals surface area (Å²) in [6.07, 6.45) is 0.507. The van der Waals surface area contributed by atoms with Gasteiger partial charge in [0.05, 0.1) is 0 Å². The Morgan fingerprint density at radius 3 is 2.32 bits per heavy atom. The summed E-state index contributed by atoms with van der Waals surface area (Å²) in [6, 6.07) is 12.7. The summed E-state index contributed by atoms with van der Waals surface area (Å²) in [5.74, 6) is 1.96. The number of rotatable bonds is 8. The van der Waals surface area contributed by atoms with Crippen molar-refractivity contribution in [1.29, 1.82) is 0 Å². The Hall–Kier alpha value is -2.52. The zero-order valence-electron chi connectivity index (χ0n) is 20.8. The van der Waals surface area contributed by atoms with Gasteiger partial charge in [-0.2, -0.15) is 9.97 Å². The minimum absolute atomic E-state index is 0.495. The number of benzene rings is 2. The van der Waals surface area contributed by atoms with Crippen LogP contribution >= 0.6 is 34.5 Å². The summed E-state index contributed by atoms with van der Waals surface area (Å²) >= 11 is 14.4. The number of hydrogen-bond donors (Lipinski definition) is 1. The molecule has 0 bridgehead atoms. The number of anilines is 3. The maximum Gasteiger partial charge on any atom is 0.228 e. The number of nitrogens with one attached hydrogen (secondary N) is 1. The number of alkyl halides is 1. The summed E-state index contributed by atoms with van der Waals surface area (Å²) in [4.78, 5) is 20.2. The van der Waals surface area contributed by atoms with Crippen LogP contribution < -0.4 is 10.2 Å². The molecular formula is C27H29Cl2FN6S. The molecule has 2 aromatic carbocycles. The molecule has 6 nitrogen and oxygen atoms in total. The molecular weight excluding hydrogens is 530 g/mol. The largest absolute Gasteiger partial charge is 0.338 e. The first-order valence-electron chi connectivity index (χ1n) is 12.4. The van der Waals surface area contributed by atoms with Crippen LogP contribution in [0.5, 0.6) is 0 Å². The SMILES string of the molecule is CC(C)CN1CCN(c2nc(Nc3ccc(CF)cc3)c3nc(Cc4c(Cl)cccc4Cl)sc3n2)CC1. The lowest BCUT2D eigenvalue weighted by Gasteiger charge is -2.35. The third-order valence-electron chi connectivity index (χ3n) is 6.33. The molecule has 0 radical (unpaired) electrons. The van der Waals surface area contributed by atoms with Crippen LogP contribution in [0.3, 0.4) is 0 Å². The predicted octanol–water partition coefficient (Wildman–Crippen LogP) is 6.98. The van der Waals surface area contributed by atoms with Gasteiger partial charge in [-0.3, -0.25) is 4.90 Å². The number of halogens is 3. The van der Waals surface area contributed by atoms with Gasteiger partial charge in [-0.15, -0.1) is 0 Å². The van der Waals surface area contributed by atoms with Crippen LogP contribution in [0.1, 0.15) is 30.0 Å². The molecule has 0 spiro atoms. The molecule has 0 aliphatic carbocycles. The van der Waals surface area contributed by atoms with Gasteiger partial charge in [0, 0.05) is 54.9 Å². The van der Waals surface area contributed by atoms with Crippen molar-refractivity contribution < 1.29 is 4.39 Å². The molecule has 3 heterocycles. The summed E-state index contributed by atoms with van der Waals surface area (Å²) in [5.41, 5.74) is 2.98. The van der Waals surface area contributed by atoms with Crippen molar-refractivity contribution in [2.24, 2.45) is 5.92 Å². The zero-order valence-corrected chi connectivity index (χ0v) is 23.2. The van der Waals surface area contributed by atoms with Gasteiger partial charge in [0.25, 0.3) is 0 Å². The van der Waals surface area contributed by atoms with Gasteiger partial charge in [-0.1, -0.05) is 66.6 Å². The summed E-state index contributed by atoms with van der Waals surface area (Å²) in [6.45, 7) is 8.78. The van der Waals surface area contributed by atoms with Crippen molar-refractivity contribution in [3.05, 3.63) is 68.6 Å². The molecule has 1 N–H and O–H groups in total. The molecule has 1 aliphatic heterocycles. The zero-order chi connectivity index (χ0) is 25.9. The van der Waals surface area contributed by atoms with Crippen LogP contribution in [0, 0.1) is 5.92 Å². The Kier molecular flexibility index (Phi) is 8.09. The highest BCUT2D eigenvalue weighted by Gasteiger charge is 2.23. The average molecular weight is 560 g/mol. The Labute approximate surface area is 230 Å². The molecule has 10 heteroatoms. The number of hydrogen-bond acceptors (Lipinski definition) is 7. The van der Waals surface area contributed by atoms with E-state index in [1.807, 2.05) is 30.3 Å². The third kappa shape index (κ3) is 6.14. The van der Waals surface area contributed by atoms with Crippen molar-refractivity contribution in [2.75, 3.05) is 42.9 Å². The van der Waals surface area contributed by atoms with Crippen LogP contribution in [-0.4, -0.2) is 52.6 Å². The van der Waals surface area contributed by atoms with Crippen LogP contribution in [0.2, 0.25) is 10.0 Å². The molecule has 0 unspecified atom stereocenters. The van der Waals surface area contributed by atoms with Crippen molar-refractivity contribution in [1.82, 2.24) is 19.9 Å². The smallest absolute Gasteiger partial charge is 0.228 e. The number of thiazole rings is 1. The van der Waals surface area contributed by atoms with Crippen LogP contribution in [0.25, 0.3) is 10.3 Å². The highest BCUT2D eigenvalue weighted by atomic mass is 35.5. The van der Waals surface area contributed by atoms with Gasteiger partial charge in [0.2, 0.25) is 5.95 Å². The summed E-state index contributed by atoms with van der Waals surface area (Å²) < 4.78 is 13.0. The standard InChI is InChI=1S/C27H29Cl2FN6S/c1-17(2)16-35-10-12-36(13-11-35)27-33-25(31-19-8-6-18(15-30)7-9-19)24-26(34-27)37-23(32-24)14-20-21(28)4-3-5-22(20)29/h3-9,17H,10-16H2,1-2H3,(H,31,33,34). The number of fused-ring (bicyclic) bond motifs is 1. The summed E-state index contributed by atoms with van der Waals surface area (Å²) in [7, 11) is 0. The molecule has 1 aliphatic rings. The maximum atomic E-state index is 13.0. The van der Waals surface area contributed by atoms with E-state index in [0.29, 0.717) is 45.2 Å². The Balaban J connectivity index is 1.48. The minimum Gasteiger partial charge on any atom is -0.338 e. The molecule has 37 heavy (non-hydrogen) atoms. The van der Waals surface area contributed by atoms with Crippen molar-refractivity contribution in [3.63, 3.8) is 0 Å². The van der Waals surface area contributed by atoms with Gasteiger partial charge < -0.3 is 10.2 Å². The fraction of sp³-hybridized carbons (Fsp3) is 0.370. The monoisotopic (exact) mass is 558 g/mol. The van der Waals surface area contributed by atoms with Gasteiger partial charge in [-0.05, 0) is 41.3 Å². The van der Waals surface area contributed by atoms with Gasteiger partial charge in [-0.25, -0.2) is 9.37 Å². The molecule has 5 rings (SSSR count). The molecule has 2 aromatic heterocycles. The lowest BCUT2D eigenvalue weighted by Crippen LogP contribution is -2.48. The molecule has 1 fully saturated rings. The van der Waals surface area contributed by atoms with Crippen molar-refractivity contribution in [2.45, 2.75) is 26.9 Å². The Bertz CT molecular complexity index is 1350. The van der Waals surface area contributed by atoms with Crippen molar-refractivity contribution >= 4 is 62.3 Å². The van der Waals surface area contributed by atoms with E-state index in [4.69, 9.17) is 38.2 Å². The van der Waals surface area contributed by atoms with Gasteiger partial charge >= 0.3 is 0 Å². The van der Waals surface area contributed by atoms with E-state index in [9.17, 15) is 4.39 Å². The first-order chi connectivity index (χ1) is 17.9. The number of piperazine rings is 1. The molecule has 1 saturated heterocycles. The maximum absolute atomic E-state index is 13.0. The van der Waals surface area contributed by atoms with Crippen LogP contribution in [0.15, 0.2) is 42.5 Å². The minimum atomic E-state index is -0.495. The van der Waals surface area contributed by atoms with E-state index in [2.05, 4.69) is 29.0 Å². The number of aromatic nitrogens is 3. The molecule has 194 valence electrons. The Morgan fingerprint density at radius 1 is 0.973 bits per heavy atom. The lowest BCUT2D eigenvalue weighted by atomic mass is 10.1. The van der Waals surface area contributed by atoms with E-state index in [-0.39, 0.29) is 0 Å². The highest BCUT2D eigenvalue weighted by Crippen LogP contribution is 2.33. The average Bonchev–Trinajstić information content (AvgIpc) is 3.30. The fourth-order valence-corrected chi connectivity index (χ4v) is 5.95. The van der Waals surface area contributed by atoms with Gasteiger partial charge in [0.15, 0.2) is 10.6 Å². The molecule has 0 saturated carbocycles.